The van der Waals surface area contributed by atoms with Crippen LogP contribution in [-0.4, -0.2) is 133 Å². The summed E-state index contributed by atoms with van der Waals surface area (Å²) >= 11 is 0. The monoisotopic (exact) mass is 920 g/mol. The zero-order valence-corrected chi connectivity index (χ0v) is 38.7. The molecule has 0 aliphatic carbocycles. The summed E-state index contributed by atoms with van der Waals surface area (Å²) in [6, 6.07) is 20.1. The number of benzene rings is 2. The van der Waals surface area contributed by atoms with E-state index in [2.05, 4.69) is 65.5 Å². The van der Waals surface area contributed by atoms with Gasteiger partial charge in [0.15, 0.2) is 11.5 Å². The number of carbonyl (C=O) groups is 3. The Hall–Kier alpha value is -6.43. The molecule has 4 fully saturated rings. The summed E-state index contributed by atoms with van der Waals surface area (Å²) in [4.78, 5) is 77.2. The average Bonchev–Trinajstić information content (AvgIpc) is 3.82. The van der Waals surface area contributed by atoms with Gasteiger partial charge >= 0.3 is 0 Å². The number of carbonyl (C=O) groups excluding carboxylic acids is 3. The highest BCUT2D eigenvalue weighted by molar-refractivity contribution is 6.05. The summed E-state index contributed by atoms with van der Waals surface area (Å²) in [6.45, 7) is 11.9. The molecule has 2 bridgehead atoms. The van der Waals surface area contributed by atoms with Crippen LogP contribution in [0.2, 0.25) is 0 Å². The normalized spacial score (nSPS) is 23.9. The number of hydrogen-bond acceptors (Lipinski definition) is 13. The lowest BCUT2D eigenvalue weighted by Crippen LogP contribution is -2.53. The smallest absolute Gasteiger partial charge is 0.278 e. The molecule has 5 aromatic rings. The average molecular weight is 921 g/mol. The Labute approximate surface area is 395 Å². The number of amides is 3. The Balaban J connectivity index is 0.644. The maximum Gasteiger partial charge on any atom is 0.278 e. The zero-order valence-electron chi connectivity index (χ0n) is 38.7. The van der Waals surface area contributed by atoms with E-state index >= 15 is 0 Å². The van der Waals surface area contributed by atoms with Gasteiger partial charge in [-0.2, -0.15) is 4.98 Å². The summed E-state index contributed by atoms with van der Waals surface area (Å²) < 4.78 is 3.34. The third-order valence-electron chi connectivity index (χ3n) is 15.3. The molecular weight excluding hydrogens is 861 g/mol. The maximum absolute atomic E-state index is 13.6. The van der Waals surface area contributed by atoms with E-state index in [9.17, 15) is 24.3 Å². The summed E-state index contributed by atoms with van der Waals surface area (Å²) in [5.41, 5.74) is 4.40. The third kappa shape index (κ3) is 8.66. The molecule has 2 aromatic carbocycles. The fraction of sp³-hybridized carbons (Fsp3) is 0.471. The fourth-order valence-corrected chi connectivity index (χ4v) is 11.3. The lowest BCUT2D eigenvalue weighted by atomic mass is 9.94. The summed E-state index contributed by atoms with van der Waals surface area (Å²) in [7, 11) is 0. The van der Waals surface area contributed by atoms with Crippen molar-refractivity contribution in [1.82, 2.24) is 44.3 Å². The van der Waals surface area contributed by atoms with Gasteiger partial charge in [0.25, 0.3) is 11.5 Å². The first-order valence-corrected chi connectivity index (χ1v) is 24.5. The van der Waals surface area contributed by atoms with Crippen molar-refractivity contribution in [3.8, 4) is 5.82 Å². The minimum Gasteiger partial charge on any atom is -0.384 e. The molecule has 1 unspecified atom stereocenters. The lowest BCUT2D eigenvalue weighted by molar-refractivity contribution is -0.136. The number of fused-ring (bicyclic) bond motifs is 7. The van der Waals surface area contributed by atoms with E-state index in [1.54, 1.807) is 27.4 Å². The predicted molar refractivity (Wildman–Crippen MR) is 259 cm³/mol. The lowest BCUT2D eigenvalue weighted by Gasteiger charge is -2.44. The molecule has 0 saturated carbocycles. The van der Waals surface area contributed by atoms with Crippen LogP contribution in [0.25, 0.3) is 16.9 Å². The standard InChI is InChI=1S/C51H60N12O5/c1-51(68)20-3-2-4-21-62-49(67)41-31-52-50(56-46(41)63(62)44-7-5-6-43(51)54-44)53-36-9-12-37(13-10-36)59-26-28-60(29-27-59)38-18-22-57(23-19-38)32-34-16-24-58(25-17-34)39-11-8-35-33-61(48(66)40(35)30-39)42-14-15-45(64)55-47(42)65/h2,4-13,30-31,34,38,42,68H,3,14-29,32-33H2,1H3,(H,52,53,56)(H,55,64,65)/b4-2-/t42?,51-/m1/s1. The third-order valence-corrected chi connectivity index (χ3v) is 15.3. The van der Waals surface area contributed by atoms with Crippen LogP contribution in [0.15, 0.2) is 83.8 Å². The number of piperidine rings is 3. The molecule has 6 aliphatic rings. The van der Waals surface area contributed by atoms with E-state index in [0.717, 1.165) is 88.7 Å². The van der Waals surface area contributed by atoms with Gasteiger partial charge in [-0.3, -0.25) is 29.4 Å². The van der Waals surface area contributed by atoms with Crippen LogP contribution in [0.3, 0.4) is 0 Å². The number of rotatable bonds is 8. The fourth-order valence-electron chi connectivity index (χ4n) is 11.3. The SMILES string of the molecule is C[C@@]1(O)CC/C=C\Cn2c(=O)c3cnc(Nc4ccc(N5CCN(C6CCN(CC7CCN(c8ccc9c(c8)C(=O)N(C8CCC(=O)NC8=O)C9)CC7)CC6)CC5)cc4)nc3n2-c2cccc1n2. The second-order valence-electron chi connectivity index (χ2n) is 19.7. The molecule has 3 amide bonds. The van der Waals surface area contributed by atoms with Crippen molar-refractivity contribution < 1.29 is 19.5 Å². The van der Waals surface area contributed by atoms with Crippen molar-refractivity contribution in [1.29, 1.82) is 0 Å². The first-order chi connectivity index (χ1) is 33.0. The van der Waals surface area contributed by atoms with E-state index < -0.39 is 11.6 Å². The number of aromatic nitrogens is 5. The van der Waals surface area contributed by atoms with Crippen LogP contribution in [0.5, 0.6) is 0 Å². The van der Waals surface area contributed by atoms with Crippen molar-refractivity contribution in [2.24, 2.45) is 5.92 Å². The molecule has 9 heterocycles. The Morgan fingerprint density at radius 2 is 1.59 bits per heavy atom. The molecule has 17 nitrogen and oxygen atoms in total. The Morgan fingerprint density at radius 3 is 2.37 bits per heavy atom. The van der Waals surface area contributed by atoms with E-state index in [0.29, 0.717) is 78.4 Å². The van der Waals surface area contributed by atoms with Crippen LogP contribution in [0.4, 0.5) is 23.0 Å². The molecule has 354 valence electrons. The number of nitrogens with one attached hydrogen (secondary N) is 2. The van der Waals surface area contributed by atoms with Crippen molar-refractivity contribution in [3.63, 3.8) is 0 Å². The molecule has 4 saturated heterocycles. The van der Waals surface area contributed by atoms with Gasteiger partial charge in [-0.15, -0.1) is 0 Å². The molecule has 2 atom stereocenters. The number of allylic oxidation sites excluding steroid dienone is 2. The first-order valence-electron chi connectivity index (χ1n) is 24.5. The second-order valence-corrected chi connectivity index (χ2v) is 19.7. The maximum atomic E-state index is 13.6. The molecule has 11 rings (SSSR count). The second kappa shape index (κ2) is 18.2. The minimum atomic E-state index is -1.12. The molecule has 3 aromatic heterocycles. The van der Waals surface area contributed by atoms with Gasteiger partial charge in [-0.1, -0.05) is 24.3 Å². The summed E-state index contributed by atoms with van der Waals surface area (Å²) in [5, 5.41) is 17.3. The number of pyridine rings is 1. The molecule has 0 spiro atoms. The van der Waals surface area contributed by atoms with Crippen LogP contribution in [0, 0.1) is 5.92 Å². The summed E-state index contributed by atoms with van der Waals surface area (Å²) in [5.74, 6) is 0.784. The number of nitrogens with zero attached hydrogens (tertiary/aromatic N) is 10. The number of piperazine rings is 1. The van der Waals surface area contributed by atoms with Crippen molar-refractivity contribution in [3.05, 3.63) is 106 Å². The predicted octanol–water partition coefficient (Wildman–Crippen LogP) is 4.54. The van der Waals surface area contributed by atoms with E-state index in [-0.39, 0.29) is 29.7 Å². The van der Waals surface area contributed by atoms with Crippen molar-refractivity contribution in [2.75, 3.05) is 74.0 Å². The van der Waals surface area contributed by atoms with Crippen LogP contribution >= 0.6 is 0 Å². The van der Waals surface area contributed by atoms with Gasteiger partial charge in [0.1, 0.15) is 17.0 Å². The van der Waals surface area contributed by atoms with Crippen molar-refractivity contribution in [2.45, 2.75) is 89.1 Å². The van der Waals surface area contributed by atoms with E-state index in [1.807, 2.05) is 42.5 Å². The Bertz CT molecular complexity index is 2810. The molecule has 0 radical (unpaired) electrons. The number of likely N-dealkylation sites (tertiary alicyclic amines) is 1. The van der Waals surface area contributed by atoms with Gasteiger partial charge < -0.3 is 30.0 Å². The molecule has 3 N–H and O–H groups in total. The topological polar surface area (TPSA) is 177 Å². The first kappa shape index (κ1) is 44.1. The van der Waals surface area contributed by atoms with E-state index in [4.69, 9.17) is 9.97 Å². The highest BCUT2D eigenvalue weighted by Gasteiger charge is 2.40. The van der Waals surface area contributed by atoms with Gasteiger partial charge in [-0.25, -0.2) is 19.3 Å². The highest BCUT2D eigenvalue weighted by atomic mass is 16.3. The Kier molecular flexibility index (Phi) is 11.8. The number of imide groups is 1. The number of hydrogen-bond donors (Lipinski definition) is 3. The quantitative estimate of drug-likeness (QED) is 0.146. The minimum absolute atomic E-state index is 0.116. The zero-order chi connectivity index (χ0) is 46.5. The van der Waals surface area contributed by atoms with Gasteiger partial charge in [0.05, 0.1) is 12.2 Å². The number of anilines is 4. The largest absolute Gasteiger partial charge is 0.384 e. The summed E-state index contributed by atoms with van der Waals surface area (Å²) in [6.07, 6.45) is 12.0. The number of aliphatic hydroxyl groups is 1. The van der Waals surface area contributed by atoms with Gasteiger partial charge in [0.2, 0.25) is 17.8 Å². The van der Waals surface area contributed by atoms with Gasteiger partial charge in [-0.05, 0) is 125 Å². The van der Waals surface area contributed by atoms with Crippen molar-refractivity contribution >= 4 is 51.8 Å². The molecule has 17 heteroatoms. The molecule has 68 heavy (non-hydrogen) atoms. The highest BCUT2D eigenvalue weighted by Crippen LogP contribution is 2.34. The van der Waals surface area contributed by atoms with Gasteiger partial charge in [0, 0.05) is 93.6 Å². The van der Waals surface area contributed by atoms with Crippen LogP contribution in [0.1, 0.15) is 79.9 Å². The van der Waals surface area contributed by atoms with E-state index in [1.165, 1.54) is 18.5 Å². The Morgan fingerprint density at radius 1 is 0.824 bits per heavy atom. The molecular formula is C51H60N12O5. The molecule has 6 aliphatic heterocycles. The van der Waals surface area contributed by atoms with Crippen LogP contribution in [-0.2, 0) is 28.3 Å². The van der Waals surface area contributed by atoms with Crippen LogP contribution < -0.4 is 26.0 Å².